The van der Waals surface area contributed by atoms with Gasteiger partial charge in [-0.15, -0.1) is 0 Å². The number of anilines is 1. The lowest BCUT2D eigenvalue weighted by molar-refractivity contribution is -0.162. The van der Waals surface area contributed by atoms with Crippen molar-refractivity contribution in [3.05, 3.63) is 101 Å². The predicted molar refractivity (Wildman–Crippen MR) is 160 cm³/mol. The van der Waals surface area contributed by atoms with E-state index in [0.29, 0.717) is 11.1 Å². The Balaban J connectivity index is 1.90. The van der Waals surface area contributed by atoms with Crippen LogP contribution in [0.3, 0.4) is 0 Å². The Morgan fingerprint density at radius 3 is 2.20 bits per heavy atom. The van der Waals surface area contributed by atoms with Crippen molar-refractivity contribution in [2.24, 2.45) is 10.9 Å². The molecule has 2 aliphatic heterocycles. The number of amides is 2. The highest BCUT2D eigenvalue weighted by atomic mass is 19.1. The van der Waals surface area contributed by atoms with E-state index in [2.05, 4.69) is 0 Å². The van der Waals surface area contributed by atoms with Crippen molar-refractivity contribution in [2.75, 3.05) is 18.6 Å². The molecule has 2 heterocycles. The van der Waals surface area contributed by atoms with Gasteiger partial charge in [0.05, 0.1) is 25.1 Å². The Morgan fingerprint density at radius 2 is 1.61 bits per heavy atom. The first-order valence-corrected chi connectivity index (χ1v) is 14.2. The lowest BCUT2D eigenvalue weighted by Crippen LogP contribution is -2.60. The summed E-state index contributed by atoms with van der Waals surface area (Å²) in [6.45, 7) is 6.43. The fourth-order valence-corrected chi connectivity index (χ4v) is 6.21. The molecule has 9 nitrogen and oxygen atoms in total. The molecule has 3 atom stereocenters. The average Bonchev–Trinajstić information content (AvgIpc) is 3.43. The summed E-state index contributed by atoms with van der Waals surface area (Å²) < 4.78 is 31.7. The molecular weight excluding hydrogens is 567 g/mol. The van der Waals surface area contributed by atoms with Crippen molar-refractivity contribution in [2.45, 2.75) is 50.7 Å². The Bertz CT molecular complexity index is 1650. The Labute approximate surface area is 254 Å². The van der Waals surface area contributed by atoms with E-state index in [0.717, 1.165) is 24.1 Å². The first kappa shape index (κ1) is 30.6. The van der Waals surface area contributed by atoms with Crippen LogP contribution in [0.2, 0.25) is 0 Å². The number of benzene rings is 3. The number of rotatable bonds is 6. The highest BCUT2D eigenvalue weighted by Gasteiger charge is 2.74. The van der Waals surface area contributed by atoms with E-state index in [-0.39, 0.29) is 30.0 Å². The van der Waals surface area contributed by atoms with E-state index in [4.69, 9.17) is 19.2 Å². The van der Waals surface area contributed by atoms with Crippen LogP contribution in [0.15, 0.2) is 83.9 Å². The summed E-state index contributed by atoms with van der Waals surface area (Å²) in [7, 11) is 1.16. The second-order valence-corrected chi connectivity index (χ2v) is 11.7. The van der Waals surface area contributed by atoms with Crippen molar-refractivity contribution in [3.63, 3.8) is 0 Å². The van der Waals surface area contributed by atoms with Crippen LogP contribution < -0.4 is 4.90 Å². The molecule has 0 radical (unpaired) electrons. The summed E-state index contributed by atoms with van der Waals surface area (Å²) >= 11 is 0. The number of esters is 2. The first-order valence-electron chi connectivity index (χ1n) is 14.2. The number of nitrogens with zero attached hydrogens (tertiary/aromatic N) is 2. The van der Waals surface area contributed by atoms with E-state index < -0.39 is 52.2 Å². The van der Waals surface area contributed by atoms with Gasteiger partial charge in [-0.2, -0.15) is 0 Å². The van der Waals surface area contributed by atoms with Gasteiger partial charge in [0.1, 0.15) is 22.8 Å². The van der Waals surface area contributed by atoms with Crippen LogP contribution in [0.4, 0.5) is 14.9 Å². The highest BCUT2D eigenvalue weighted by molar-refractivity contribution is 6.36. The average molecular weight is 601 g/mol. The standard InChI is InChI=1S/C34H33FN2O7/c1-6-43-28(38)26-33(30(40)42-5,20-21-13-9-7-10-14-21)36-27(22-15-11-8-12-16-22)34(26)24-19-23(35)17-18-25(24)37(29(34)39)31(41)44-32(2,3)4/h7-19,26H,6,20H2,1-5H3/t26?,33-,34?/m0/s1. The fourth-order valence-electron chi connectivity index (χ4n) is 6.21. The minimum Gasteiger partial charge on any atom is -0.467 e. The van der Waals surface area contributed by atoms with E-state index in [1.807, 2.05) is 0 Å². The van der Waals surface area contributed by atoms with Gasteiger partial charge in [-0.1, -0.05) is 60.7 Å². The van der Waals surface area contributed by atoms with Crippen LogP contribution in [0.1, 0.15) is 44.4 Å². The minimum atomic E-state index is -2.18. The minimum absolute atomic E-state index is 0.000364. The molecule has 0 N–H and O–H groups in total. The number of hydrogen-bond donors (Lipinski definition) is 0. The summed E-state index contributed by atoms with van der Waals surface area (Å²) in [5.74, 6) is -5.18. The van der Waals surface area contributed by atoms with Gasteiger partial charge in [-0.05, 0) is 57.0 Å². The van der Waals surface area contributed by atoms with Crippen molar-refractivity contribution >= 4 is 35.3 Å². The molecule has 0 aliphatic carbocycles. The summed E-state index contributed by atoms with van der Waals surface area (Å²) in [5, 5.41) is 0. The molecule has 5 rings (SSSR count). The van der Waals surface area contributed by atoms with Crippen LogP contribution >= 0.6 is 0 Å². The van der Waals surface area contributed by atoms with Gasteiger partial charge in [0.2, 0.25) is 0 Å². The molecule has 2 unspecified atom stereocenters. The second kappa shape index (κ2) is 11.3. The molecule has 0 saturated carbocycles. The van der Waals surface area contributed by atoms with Crippen LogP contribution in [0.5, 0.6) is 0 Å². The molecule has 10 heteroatoms. The van der Waals surface area contributed by atoms with Crippen molar-refractivity contribution in [1.29, 1.82) is 0 Å². The van der Waals surface area contributed by atoms with Crippen molar-refractivity contribution in [3.8, 4) is 0 Å². The summed E-state index contributed by atoms with van der Waals surface area (Å²) in [5.41, 5.74) is -4.23. The monoisotopic (exact) mass is 600 g/mol. The molecule has 0 aromatic heterocycles. The number of methoxy groups -OCH3 is 1. The molecule has 0 fully saturated rings. The summed E-state index contributed by atoms with van der Waals surface area (Å²) in [6.07, 6.45) is -1.19. The maximum absolute atomic E-state index is 15.2. The number of carbonyl (C=O) groups is 4. The number of ether oxygens (including phenoxy) is 3. The van der Waals surface area contributed by atoms with Gasteiger partial charge in [0.15, 0.2) is 5.54 Å². The Kier molecular flexibility index (Phi) is 7.88. The van der Waals surface area contributed by atoms with Gasteiger partial charge >= 0.3 is 18.0 Å². The zero-order valence-corrected chi connectivity index (χ0v) is 25.1. The highest BCUT2D eigenvalue weighted by Crippen LogP contribution is 2.58. The van der Waals surface area contributed by atoms with Gasteiger partial charge in [-0.25, -0.2) is 18.9 Å². The van der Waals surface area contributed by atoms with Gasteiger partial charge in [0, 0.05) is 12.0 Å². The molecule has 1 spiro atoms. The van der Waals surface area contributed by atoms with Gasteiger partial charge in [-0.3, -0.25) is 14.6 Å². The number of hydrogen-bond acceptors (Lipinski definition) is 8. The number of imide groups is 1. The summed E-state index contributed by atoms with van der Waals surface area (Å²) in [6, 6.07) is 20.8. The topological polar surface area (TPSA) is 112 Å². The number of aliphatic imine (C=N–C) groups is 1. The Hall–Kier alpha value is -4.86. The van der Waals surface area contributed by atoms with Crippen LogP contribution in [0, 0.1) is 11.7 Å². The summed E-state index contributed by atoms with van der Waals surface area (Å²) in [4.78, 5) is 62.8. The number of halogens is 1. The van der Waals surface area contributed by atoms with Crippen molar-refractivity contribution in [1.82, 2.24) is 0 Å². The van der Waals surface area contributed by atoms with Gasteiger partial charge < -0.3 is 14.2 Å². The molecule has 228 valence electrons. The van der Waals surface area contributed by atoms with E-state index in [9.17, 15) is 14.4 Å². The third kappa shape index (κ3) is 4.84. The molecule has 2 amide bonds. The molecule has 0 saturated heterocycles. The molecule has 0 bridgehead atoms. The third-order valence-corrected chi connectivity index (χ3v) is 7.76. The van der Waals surface area contributed by atoms with E-state index >= 15 is 9.18 Å². The third-order valence-electron chi connectivity index (χ3n) is 7.76. The lowest BCUT2D eigenvalue weighted by atomic mass is 9.61. The van der Waals surface area contributed by atoms with Crippen LogP contribution in [-0.2, 0) is 40.4 Å². The zero-order chi connectivity index (χ0) is 31.9. The number of carbonyl (C=O) groups excluding carboxylic acids is 4. The molecule has 44 heavy (non-hydrogen) atoms. The smallest absolute Gasteiger partial charge is 0.421 e. The maximum Gasteiger partial charge on any atom is 0.421 e. The largest absolute Gasteiger partial charge is 0.467 e. The van der Waals surface area contributed by atoms with Crippen molar-refractivity contribution < 1.29 is 37.8 Å². The van der Waals surface area contributed by atoms with Crippen LogP contribution in [0.25, 0.3) is 0 Å². The normalized spacial score (nSPS) is 22.4. The van der Waals surface area contributed by atoms with E-state index in [1.54, 1.807) is 88.4 Å². The molecule has 3 aromatic carbocycles. The SMILES string of the molecule is CCOC(=O)C1C2(C(=O)N(C(=O)OC(C)(C)C)c3ccc(F)cc32)C(c2ccccc2)=N[C@]1(Cc1ccccc1)C(=O)OC. The number of fused-ring (bicyclic) bond motifs is 2. The lowest BCUT2D eigenvalue weighted by Gasteiger charge is -2.37. The Morgan fingerprint density at radius 1 is 0.977 bits per heavy atom. The zero-order valence-electron chi connectivity index (χ0n) is 25.1. The van der Waals surface area contributed by atoms with Gasteiger partial charge in [0.25, 0.3) is 5.91 Å². The second-order valence-electron chi connectivity index (χ2n) is 11.7. The quantitative estimate of drug-likeness (QED) is 0.283. The van der Waals surface area contributed by atoms with Crippen LogP contribution in [-0.4, -0.2) is 54.5 Å². The molecule has 3 aromatic rings. The first-order chi connectivity index (χ1) is 20.9. The molecular formula is C34H33FN2O7. The van der Waals surface area contributed by atoms with E-state index in [1.165, 1.54) is 6.07 Å². The molecule has 2 aliphatic rings. The maximum atomic E-state index is 15.2. The predicted octanol–water partition coefficient (Wildman–Crippen LogP) is 5.18. The fraction of sp³-hybridized carbons (Fsp3) is 0.324.